The molecule has 4 heteroatoms. The molecule has 1 aromatic heterocycles. The Bertz CT molecular complexity index is 355. The summed E-state index contributed by atoms with van der Waals surface area (Å²) in [5, 5.41) is 2.96. The van der Waals surface area contributed by atoms with Gasteiger partial charge < -0.3 is 5.32 Å². The first-order valence-electron chi connectivity index (χ1n) is 5.56. The SMILES string of the molecule is CCCCC(C)NC(=O)c1cccnc1Br. The summed E-state index contributed by atoms with van der Waals surface area (Å²) in [5.74, 6) is -0.0661. The van der Waals surface area contributed by atoms with Crippen LogP contribution in [0.25, 0.3) is 0 Å². The lowest BCUT2D eigenvalue weighted by Crippen LogP contribution is -2.32. The Labute approximate surface area is 105 Å². The summed E-state index contributed by atoms with van der Waals surface area (Å²) >= 11 is 3.27. The van der Waals surface area contributed by atoms with E-state index in [1.165, 1.54) is 0 Å². The number of carbonyl (C=O) groups excluding carboxylic acids is 1. The zero-order valence-electron chi connectivity index (χ0n) is 9.66. The minimum Gasteiger partial charge on any atom is -0.350 e. The van der Waals surface area contributed by atoms with Gasteiger partial charge in [0.25, 0.3) is 5.91 Å². The number of aromatic nitrogens is 1. The monoisotopic (exact) mass is 284 g/mol. The molecule has 1 unspecified atom stereocenters. The van der Waals surface area contributed by atoms with Crippen LogP contribution in [0, 0.1) is 0 Å². The molecule has 88 valence electrons. The van der Waals surface area contributed by atoms with E-state index in [0.29, 0.717) is 10.2 Å². The van der Waals surface area contributed by atoms with Gasteiger partial charge in [-0.25, -0.2) is 4.98 Å². The maximum atomic E-state index is 11.9. The minimum absolute atomic E-state index is 0.0661. The zero-order chi connectivity index (χ0) is 12.0. The highest BCUT2D eigenvalue weighted by molar-refractivity contribution is 9.10. The molecular formula is C12H17BrN2O. The Balaban J connectivity index is 2.56. The van der Waals surface area contributed by atoms with E-state index in [0.717, 1.165) is 19.3 Å². The molecule has 1 heterocycles. The normalized spacial score (nSPS) is 12.2. The first-order valence-corrected chi connectivity index (χ1v) is 6.35. The number of hydrogen-bond acceptors (Lipinski definition) is 2. The van der Waals surface area contributed by atoms with Gasteiger partial charge in [-0.3, -0.25) is 4.79 Å². The smallest absolute Gasteiger partial charge is 0.254 e. The molecule has 0 aliphatic heterocycles. The van der Waals surface area contributed by atoms with E-state index in [1.54, 1.807) is 18.3 Å². The van der Waals surface area contributed by atoms with Crippen molar-refractivity contribution in [2.45, 2.75) is 39.2 Å². The third-order valence-electron chi connectivity index (χ3n) is 2.37. The van der Waals surface area contributed by atoms with Gasteiger partial charge in [0.15, 0.2) is 0 Å². The van der Waals surface area contributed by atoms with E-state index in [1.807, 2.05) is 6.92 Å². The van der Waals surface area contributed by atoms with Gasteiger partial charge in [-0.15, -0.1) is 0 Å². The number of carbonyl (C=O) groups is 1. The molecule has 0 aromatic carbocycles. The number of hydrogen-bond donors (Lipinski definition) is 1. The number of rotatable bonds is 5. The van der Waals surface area contributed by atoms with Crippen LogP contribution in [-0.2, 0) is 0 Å². The van der Waals surface area contributed by atoms with Gasteiger partial charge in [-0.2, -0.15) is 0 Å². The van der Waals surface area contributed by atoms with Crippen LogP contribution in [0.5, 0.6) is 0 Å². The van der Waals surface area contributed by atoms with E-state index < -0.39 is 0 Å². The second-order valence-corrected chi connectivity index (χ2v) is 4.61. The average Bonchev–Trinajstić information content (AvgIpc) is 2.26. The highest BCUT2D eigenvalue weighted by atomic mass is 79.9. The maximum absolute atomic E-state index is 11.9. The van der Waals surface area contributed by atoms with Crippen LogP contribution < -0.4 is 5.32 Å². The standard InChI is InChI=1S/C12H17BrN2O/c1-3-4-6-9(2)15-12(16)10-7-5-8-14-11(10)13/h5,7-9H,3-4,6H2,1-2H3,(H,15,16). The van der Waals surface area contributed by atoms with Crippen LogP contribution >= 0.6 is 15.9 Å². The predicted molar refractivity (Wildman–Crippen MR) is 68.4 cm³/mol. The summed E-state index contributed by atoms with van der Waals surface area (Å²) in [6, 6.07) is 3.73. The Hall–Kier alpha value is -0.900. The van der Waals surface area contributed by atoms with E-state index in [4.69, 9.17) is 0 Å². The fourth-order valence-electron chi connectivity index (χ4n) is 1.44. The Morgan fingerprint density at radius 3 is 3.00 bits per heavy atom. The molecule has 0 saturated heterocycles. The van der Waals surface area contributed by atoms with Crippen molar-refractivity contribution in [3.63, 3.8) is 0 Å². The quantitative estimate of drug-likeness (QED) is 0.844. The molecular weight excluding hydrogens is 268 g/mol. The lowest BCUT2D eigenvalue weighted by Gasteiger charge is -2.13. The van der Waals surface area contributed by atoms with Gasteiger partial charge >= 0.3 is 0 Å². The van der Waals surface area contributed by atoms with E-state index in [2.05, 4.69) is 33.2 Å². The second-order valence-electron chi connectivity index (χ2n) is 3.86. The van der Waals surface area contributed by atoms with Crippen LogP contribution in [0.1, 0.15) is 43.5 Å². The summed E-state index contributed by atoms with van der Waals surface area (Å²) in [4.78, 5) is 15.9. The molecule has 0 spiro atoms. The van der Waals surface area contributed by atoms with Crippen molar-refractivity contribution < 1.29 is 4.79 Å². The molecule has 0 fully saturated rings. The van der Waals surface area contributed by atoms with E-state index >= 15 is 0 Å². The molecule has 1 aromatic rings. The van der Waals surface area contributed by atoms with Gasteiger partial charge in [0.1, 0.15) is 4.60 Å². The second kappa shape index (κ2) is 6.63. The molecule has 1 amide bonds. The van der Waals surface area contributed by atoms with Crippen molar-refractivity contribution in [2.75, 3.05) is 0 Å². The third-order valence-corrected chi connectivity index (χ3v) is 3.00. The van der Waals surface area contributed by atoms with Crippen LogP contribution in [0.15, 0.2) is 22.9 Å². The molecule has 1 rings (SSSR count). The predicted octanol–water partition coefficient (Wildman–Crippen LogP) is 3.15. The van der Waals surface area contributed by atoms with Crippen LogP contribution in [-0.4, -0.2) is 16.9 Å². The number of amides is 1. The topological polar surface area (TPSA) is 42.0 Å². The number of unbranched alkanes of at least 4 members (excludes halogenated alkanes) is 1. The van der Waals surface area contributed by atoms with Crippen molar-refractivity contribution in [1.82, 2.24) is 10.3 Å². The van der Waals surface area contributed by atoms with Gasteiger partial charge in [0.2, 0.25) is 0 Å². The van der Waals surface area contributed by atoms with E-state index in [9.17, 15) is 4.79 Å². The van der Waals surface area contributed by atoms with Crippen molar-refractivity contribution in [2.24, 2.45) is 0 Å². The summed E-state index contributed by atoms with van der Waals surface area (Å²) in [6.07, 6.45) is 4.95. The van der Waals surface area contributed by atoms with Crippen molar-refractivity contribution in [1.29, 1.82) is 0 Å². The first kappa shape index (κ1) is 13.2. The third kappa shape index (κ3) is 3.93. The molecule has 0 radical (unpaired) electrons. The summed E-state index contributed by atoms with van der Waals surface area (Å²) in [5.41, 5.74) is 0.589. The number of nitrogens with zero attached hydrogens (tertiary/aromatic N) is 1. The number of halogens is 1. The molecule has 0 saturated carbocycles. The number of nitrogens with one attached hydrogen (secondary N) is 1. The molecule has 0 bridgehead atoms. The average molecular weight is 285 g/mol. The largest absolute Gasteiger partial charge is 0.350 e. The Morgan fingerprint density at radius 2 is 2.38 bits per heavy atom. The maximum Gasteiger partial charge on any atom is 0.254 e. The molecule has 0 aliphatic rings. The van der Waals surface area contributed by atoms with Gasteiger partial charge in [0, 0.05) is 12.2 Å². The highest BCUT2D eigenvalue weighted by Crippen LogP contribution is 2.12. The number of pyridine rings is 1. The van der Waals surface area contributed by atoms with Crippen LogP contribution in [0.4, 0.5) is 0 Å². The first-order chi connectivity index (χ1) is 7.65. The van der Waals surface area contributed by atoms with E-state index in [-0.39, 0.29) is 11.9 Å². The molecule has 1 atom stereocenters. The summed E-state index contributed by atoms with van der Waals surface area (Å²) < 4.78 is 0.593. The molecule has 1 N–H and O–H groups in total. The lowest BCUT2D eigenvalue weighted by molar-refractivity contribution is 0.0936. The minimum atomic E-state index is -0.0661. The van der Waals surface area contributed by atoms with Gasteiger partial charge in [-0.1, -0.05) is 19.8 Å². The van der Waals surface area contributed by atoms with Gasteiger partial charge in [-0.05, 0) is 41.4 Å². The zero-order valence-corrected chi connectivity index (χ0v) is 11.3. The van der Waals surface area contributed by atoms with Crippen LogP contribution in [0.2, 0.25) is 0 Å². The van der Waals surface area contributed by atoms with Crippen molar-refractivity contribution >= 4 is 21.8 Å². The molecule has 16 heavy (non-hydrogen) atoms. The Morgan fingerprint density at radius 1 is 1.62 bits per heavy atom. The molecule has 3 nitrogen and oxygen atoms in total. The van der Waals surface area contributed by atoms with Crippen LogP contribution in [0.3, 0.4) is 0 Å². The van der Waals surface area contributed by atoms with Gasteiger partial charge in [0.05, 0.1) is 5.56 Å². The Kier molecular flexibility index (Phi) is 5.46. The summed E-state index contributed by atoms with van der Waals surface area (Å²) in [7, 11) is 0. The lowest BCUT2D eigenvalue weighted by atomic mass is 10.1. The molecule has 0 aliphatic carbocycles. The van der Waals surface area contributed by atoms with Crippen molar-refractivity contribution in [3.8, 4) is 0 Å². The highest BCUT2D eigenvalue weighted by Gasteiger charge is 2.12. The van der Waals surface area contributed by atoms with Crippen molar-refractivity contribution in [3.05, 3.63) is 28.5 Å². The summed E-state index contributed by atoms with van der Waals surface area (Å²) in [6.45, 7) is 4.17. The fraction of sp³-hybridized carbons (Fsp3) is 0.500. The fourth-order valence-corrected chi connectivity index (χ4v) is 1.87.